The first-order valence-electron chi connectivity index (χ1n) is 6.11. The predicted octanol–water partition coefficient (Wildman–Crippen LogP) is 2.99. The fourth-order valence-corrected chi connectivity index (χ4v) is 2.05. The molecule has 0 heterocycles. The summed E-state index contributed by atoms with van der Waals surface area (Å²) >= 11 is 0. The van der Waals surface area contributed by atoms with Crippen molar-refractivity contribution in [2.75, 3.05) is 0 Å². The van der Waals surface area contributed by atoms with Crippen LogP contribution < -0.4 is 0 Å². The van der Waals surface area contributed by atoms with Crippen molar-refractivity contribution < 1.29 is 9.90 Å². The van der Waals surface area contributed by atoms with Crippen LogP contribution in [0, 0.1) is 5.41 Å². The molecule has 0 aliphatic carbocycles. The Balaban J connectivity index is 3.05. The van der Waals surface area contributed by atoms with Gasteiger partial charge in [-0.3, -0.25) is 4.79 Å². The van der Waals surface area contributed by atoms with Crippen LogP contribution in [0.25, 0.3) is 0 Å². The van der Waals surface area contributed by atoms with Gasteiger partial charge in [0.1, 0.15) is 5.78 Å². The van der Waals surface area contributed by atoms with E-state index >= 15 is 0 Å². The Bertz CT molecular complexity index is 376. The van der Waals surface area contributed by atoms with Gasteiger partial charge >= 0.3 is 0 Å². The van der Waals surface area contributed by atoms with Crippen LogP contribution in [0.2, 0.25) is 0 Å². The van der Waals surface area contributed by atoms with E-state index in [9.17, 15) is 9.90 Å². The van der Waals surface area contributed by atoms with Crippen molar-refractivity contribution in [2.45, 2.75) is 46.1 Å². The number of Topliss-reactive ketones (excluding diaryl/α,β-unsaturated/α-hetero) is 1. The number of carbonyl (C=O) groups is 1. The van der Waals surface area contributed by atoms with E-state index in [1.807, 2.05) is 44.2 Å². The van der Waals surface area contributed by atoms with E-state index in [1.165, 1.54) is 0 Å². The van der Waals surface area contributed by atoms with Gasteiger partial charge in [-0.15, -0.1) is 0 Å². The Morgan fingerprint density at radius 2 is 1.71 bits per heavy atom. The molecule has 1 N–H and O–H groups in total. The maximum atomic E-state index is 12.1. The van der Waals surface area contributed by atoms with Crippen LogP contribution in [0.1, 0.15) is 39.7 Å². The highest BCUT2D eigenvalue weighted by Gasteiger charge is 2.44. The zero-order valence-electron chi connectivity index (χ0n) is 11.2. The Labute approximate surface area is 104 Å². The van der Waals surface area contributed by atoms with Gasteiger partial charge in [0.15, 0.2) is 0 Å². The van der Waals surface area contributed by atoms with E-state index < -0.39 is 11.0 Å². The molecule has 0 bridgehead atoms. The van der Waals surface area contributed by atoms with E-state index in [0.717, 1.165) is 5.56 Å². The van der Waals surface area contributed by atoms with Gasteiger partial charge < -0.3 is 5.11 Å². The lowest BCUT2D eigenvalue weighted by atomic mass is 9.68. The molecule has 1 unspecified atom stereocenters. The molecule has 0 fully saturated rings. The van der Waals surface area contributed by atoms with Gasteiger partial charge in [-0.1, -0.05) is 37.3 Å². The fraction of sp³-hybridized carbons (Fsp3) is 0.533. The summed E-state index contributed by atoms with van der Waals surface area (Å²) in [6.45, 7) is 7.12. The van der Waals surface area contributed by atoms with Gasteiger partial charge in [0.2, 0.25) is 0 Å². The molecular formula is C15H22O2. The van der Waals surface area contributed by atoms with Crippen molar-refractivity contribution in [1.29, 1.82) is 0 Å². The highest BCUT2D eigenvalue weighted by molar-refractivity contribution is 5.85. The minimum atomic E-state index is -1.02. The third kappa shape index (κ3) is 2.95. The van der Waals surface area contributed by atoms with Gasteiger partial charge in [0.05, 0.1) is 11.0 Å². The number of hydrogen-bond acceptors (Lipinski definition) is 2. The standard InChI is InChI=1S/C15H22O2/c1-5-13(16)15(4,14(2,3)17)11-12-9-7-6-8-10-12/h6-10,17H,5,11H2,1-4H3. The Morgan fingerprint density at radius 3 is 2.12 bits per heavy atom. The molecule has 2 heteroatoms. The van der Waals surface area contributed by atoms with E-state index in [2.05, 4.69) is 0 Å². The first kappa shape index (κ1) is 13.9. The normalized spacial score (nSPS) is 15.4. The van der Waals surface area contributed by atoms with E-state index in [1.54, 1.807) is 13.8 Å². The topological polar surface area (TPSA) is 37.3 Å². The lowest BCUT2D eigenvalue weighted by molar-refractivity contribution is -0.141. The smallest absolute Gasteiger partial charge is 0.141 e. The van der Waals surface area contributed by atoms with Crippen molar-refractivity contribution in [2.24, 2.45) is 5.41 Å². The molecule has 94 valence electrons. The van der Waals surface area contributed by atoms with Crippen LogP contribution in [0.4, 0.5) is 0 Å². The van der Waals surface area contributed by atoms with Gasteiger partial charge in [0, 0.05) is 6.42 Å². The van der Waals surface area contributed by atoms with Gasteiger partial charge in [0.25, 0.3) is 0 Å². The molecule has 1 atom stereocenters. The number of ketones is 1. The number of rotatable bonds is 5. The molecule has 0 saturated heterocycles. The van der Waals surface area contributed by atoms with Gasteiger partial charge in [-0.25, -0.2) is 0 Å². The average molecular weight is 234 g/mol. The van der Waals surface area contributed by atoms with Crippen molar-refractivity contribution in [3.63, 3.8) is 0 Å². The third-order valence-electron chi connectivity index (χ3n) is 3.69. The Morgan fingerprint density at radius 1 is 1.18 bits per heavy atom. The number of carbonyl (C=O) groups excluding carboxylic acids is 1. The Hall–Kier alpha value is -1.15. The second-order valence-corrected chi connectivity index (χ2v) is 5.33. The van der Waals surface area contributed by atoms with Gasteiger partial charge in [-0.2, -0.15) is 0 Å². The minimum absolute atomic E-state index is 0.105. The van der Waals surface area contributed by atoms with Crippen LogP contribution in [0.3, 0.4) is 0 Å². The molecule has 1 rings (SSSR count). The van der Waals surface area contributed by atoms with Crippen LogP contribution in [0.5, 0.6) is 0 Å². The Kier molecular flexibility index (Phi) is 4.10. The molecule has 17 heavy (non-hydrogen) atoms. The predicted molar refractivity (Wildman–Crippen MR) is 69.8 cm³/mol. The molecule has 0 aliphatic heterocycles. The fourth-order valence-electron chi connectivity index (χ4n) is 2.05. The summed E-state index contributed by atoms with van der Waals surface area (Å²) < 4.78 is 0. The SMILES string of the molecule is CCC(=O)C(C)(Cc1ccccc1)C(C)(C)O. The van der Waals surface area contributed by atoms with Crippen LogP contribution in [-0.4, -0.2) is 16.5 Å². The molecular weight excluding hydrogens is 212 g/mol. The lowest BCUT2D eigenvalue weighted by Crippen LogP contribution is -2.48. The third-order valence-corrected chi connectivity index (χ3v) is 3.69. The van der Waals surface area contributed by atoms with Crippen LogP contribution in [-0.2, 0) is 11.2 Å². The summed E-state index contributed by atoms with van der Waals surface area (Å²) in [7, 11) is 0. The summed E-state index contributed by atoms with van der Waals surface area (Å²) in [5.41, 5.74) is -0.669. The molecule has 0 spiro atoms. The van der Waals surface area contributed by atoms with E-state index in [4.69, 9.17) is 0 Å². The van der Waals surface area contributed by atoms with Crippen molar-refractivity contribution >= 4 is 5.78 Å². The highest BCUT2D eigenvalue weighted by atomic mass is 16.3. The monoisotopic (exact) mass is 234 g/mol. The molecule has 2 nitrogen and oxygen atoms in total. The summed E-state index contributed by atoms with van der Waals surface area (Å²) in [6.07, 6.45) is 1.03. The van der Waals surface area contributed by atoms with Crippen LogP contribution >= 0.6 is 0 Å². The highest BCUT2D eigenvalue weighted by Crippen LogP contribution is 2.36. The maximum Gasteiger partial charge on any atom is 0.141 e. The molecule has 0 saturated carbocycles. The molecule has 1 aromatic carbocycles. The van der Waals surface area contributed by atoms with Crippen LogP contribution in [0.15, 0.2) is 30.3 Å². The molecule has 0 aromatic heterocycles. The van der Waals surface area contributed by atoms with E-state index in [-0.39, 0.29) is 5.78 Å². The molecule has 0 radical (unpaired) electrons. The zero-order chi connectivity index (χ0) is 13.1. The quantitative estimate of drug-likeness (QED) is 0.850. The molecule has 0 aliphatic rings. The zero-order valence-corrected chi connectivity index (χ0v) is 11.2. The number of hydrogen-bond donors (Lipinski definition) is 1. The minimum Gasteiger partial charge on any atom is -0.389 e. The number of benzene rings is 1. The molecule has 0 amide bonds. The first-order chi connectivity index (χ1) is 7.81. The average Bonchev–Trinajstić information content (AvgIpc) is 2.27. The van der Waals surface area contributed by atoms with Crippen molar-refractivity contribution in [1.82, 2.24) is 0 Å². The lowest BCUT2D eigenvalue weighted by Gasteiger charge is -2.39. The maximum absolute atomic E-state index is 12.1. The summed E-state index contributed by atoms with van der Waals surface area (Å²) in [5, 5.41) is 10.3. The number of aliphatic hydroxyl groups is 1. The first-order valence-corrected chi connectivity index (χ1v) is 6.11. The second kappa shape index (κ2) is 5.01. The molecule has 1 aromatic rings. The summed E-state index contributed by atoms with van der Waals surface area (Å²) in [4.78, 5) is 12.1. The van der Waals surface area contributed by atoms with Gasteiger partial charge in [-0.05, 0) is 32.8 Å². The second-order valence-electron chi connectivity index (χ2n) is 5.33. The van der Waals surface area contributed by atoms with Crippen molar-refractivity contribution in [3.05, 3.63) is 35.9 Å². The van der Waals surface area contributed by atoms with E-state index in [0.29, 0.717) is 12.8 Å². The van der Waals surface area contributed by atoms with Crippen molar-refractivity contribution in [3.8, 4) is 0 Å². The largest absolute Gasteiger partial charge is 0.389 e. The summed E-state index contributed by atoms with van der Waals surface area (Å²) in [6, 6.07) is 9.85. The summed E-state index contributed by atoms with van der Waals surface area (Å²) in [5.74, 6) is 0.105.